The van der Waals surface area contributed by atoms with Crippen molar-refractivity contribution in [3.63, 3.8) is 0 Å². The van der Waals surface area contributed by atoms with E-state index in [9.17, 15) is 4.79 Å². The maximum atomic E-state index is 9.92. The van der Waals surface area contributed by atoms with Crippen LogP contribution >= 0.6 is 11.3 Å². The molecule has 64 valence electrons. The summed E-state index contributed by atoms with van der Waals surface area (Å²) in [5.41, 5.74) is 5.27. The number of hydrogen-bond acceptors (Lipinski definition) is 6. The van der Waals surface area contributed by atoms with Crippen molar-refractivity contribution in [3.05, 3.63) is 5.38 Å². The number of aromatic nitrogens is 1. The van der Waals surface area contributed by atoms with Crippen molar-refractivity contribution in [3.8, 4) is 5.88 Å². The van der Waals surface area contributed by atoms with Crippen LogP contribution in [0, 0.1) is 0 Å². The van der Waals surface area contributed by atoms with Crippen molar-refractivity contribution >= 4 is 28.7 Å². The van der Waals surface area contributed by atoms with Gasteiger partial charge in [0.25, 0.3) is 5.88 Å². The molecule has 12 heavy (non-hydrogen) atoms. The van der Waals surface area contributed by atoms with Crippen LogP contribution in [-0.2, 0) is 4.79 Å². The standard InChI is InChI=1S/C5H5N3O3S/c6-5-8-3(2-12-5)11-7-1-4(9)10/h1-2H,(H2,6,8)(H,9,10). The Morgan fingerprint density at radius 1 is 1.92 bits per heavy atom. The topological polar surface area (TPSA) is 97.8 Å². The van der Waals surface area contributed by atoms with E-state index in [0.717, 1.165) is 0 Å². The fraction of sp³-hybridized carbons (Fsp3) is 0. The summed E-state index contributed by atoms with van der Waals surface area (Å²) in [4.78, 5) is 18.1. The number of anilines is 1. The molecule has 0 aromatic carbocycles. The van der Waals surface area contributed by atoms with Crippen LogP contribution in [0.2, 0.25) is 0 Å². The average Bonchev–Trinajstić information content (AvgIpc) is 2.35. The van der Waals surface area contributed by atoms with E-state index in [2.05, 4.69) is 15.0 Å². The van der Waals surface area contributed by atoms with Crippen LogP contribution in [0.1, 0.15) is 0 Å². The molecule has 0 unspecified atom stereocenters. The van der Waals surface area contributed by atoms with Crippen LogP contribution in [0.25, 0.3) is 0 Å². The fourth-order valence-corrected chi connectivity index (χ4v) is 0.899. The second-order valence-electron chi connectivity index (χ2n) is 1.69. The molecule has 0 radical (unpaired) electrons. The van der Waals surface area contributed by atoms with Crippen molar-refractivity contribution in [2.75, 3.05) is 5.73 Å². The number of nitrogens with two attached hydrogens (primary N) is 1. The van der Waals surface area contributed by atoms with Gasteiger partial charge >= 0.3 is 5.97 Å². The van der Waals surface area contributed by atoms with E-state index in [4.69, 9.17) is 10.8 Å². The van der Waals surface area contributed by atoms with Gasteiger partial charge in [0.2, 0.25) is 0 Å². The molecule has 0 saturated heterocycles. The highest BCUT2D eigenvalue weighted by atomic mass is 32.1. The van der Waals surface area contributed by atoms with E-state index in [1.165, 1.54) is 16.7 Å². The third-order valence-electron chi connectivity index (χ3n) is 0.810. The van der Waals surface area contributed by atoms with Crippen molar-refractivity contribution in [1.82, 2.24) is 4.98 Å². The monoisotopic (exact) mass is 187 g/mol. The predicted molar refractivity (Wildman–Crippen MR) is 43.3 cm³/mol. The molecule has 6 nitrogen and oxygen atoms in total. The number of carboxylic acids is 1. The predicted octanol–water partition coefficient (Wildman–Crippen LogP) is 0.175. The minimum Gasteiger partial charge on any atom is -0.477 e. The lowest BCUT2D eigenvalue weighted by Crippen LogP contribution is -1.97. The quantitative estimate of drug-likeness (QED) is 0.519. The Morgan fingerprint density at radius 2 is 2.67 bits per heavy atom. The van der Waals surface area contributed by atoms with Gasteiger partial charge in [0.1, 0.15) is 0 Å². The summed E-state index contributed by atoms with van der Waals surface area (Å²) in [6, 6.07) is 0. The molecule has 0 fully saturated rings. The molecule has 0 aliphatic carbocycles. The number of aliphatic carboxylic acids is 1. The van der Waals surface area contributed by atoms with Crippen molar-refractivity contribution in [1.29, 1.82) is 0 Å². The zero-order chi connectivity index (χ0) is 8.97. The van der Waals surface area contributed by atoms with Gasteiger partial charge in [-0.2, -0.15) is 4.98 Å². The Morgan fingerprint density at radius 3 is 3.17 bits per heavy atom. The van der Waals surface area contributed by atoms with E-state index in [-0.39, 0.29) is 5.88 Å². The third kappa shape index (κ3) is 2.54. The van der Waals surface area contributed by atoms with Crippen LogP contribution in [0.3, 0.4) is 0 Å². The molecule has 0 aliphatic heterocycles. The van der Waals surface area contributed by atoms with E-state index in [1.807, 2.05) is 0 Å². The maximum absolute atomic E-state index is 9.92. The van der Waals surface area contributed by atoms with E-state index in [0.29, 0.717) is 11.3 Å². The van der Waals surface area contributed by atoms with Crippen LogP contribution in [0.15, 0.2) is 10.5 Å². The minimum atomic E-state index is -1.18. The van der Waals surface area contributed by atoms with Gasteiger partial charge in [-0.1, -0.05) is 5.16 Å². The number of thiazole rings is 1. The number of carboxylic acid groups (broad SMARTS) is 1. The Labute approximate surface area is 71.3 Å². The van der Waals surface area contributed by atoms with Crippen molar-refractivity contribution in [2.24, 2.45) is 5.16 Å². The Bertz CT molecular complexity index is 309. The highest BCUT2D eigenvalue weighted by Crippen LogP contribution is 2.17. The molecule has 0 atom stereocenters. The summed E-state index contributed by atoms with van der Waals surface area (Å²) in [6.07, 6.45) is 0.621. The third-order valence-corrected chi connectivity index (χ3v) is 1.46. The molecular weight excluding hydrogens is 182 g/mol. The van der Waals surface area contributed by atoms with Crippen LogP contribution < -0.4 is 10.6 Å². The summed E-state index contributed by atoms with van der Waals surface area (Å²) < 4.78 is 0. The van der Waals surface area contributed by atoms with Gasteiger partial charge in [-0.3, -0.25) is 0 Å². The second kappa shape index (κ2) is 3.67. The molecule has 0 spiro atoms. The number of nitrogen functional groups attached to an aromatic ring is 1. The summed E-state index contributed by atoms with van der Waals surface area (Å²) in [6.45, 7) is 0. The lowest BCUT2D eigenvalue weighted by atomic mass is 10.8. The Balaban J connectivity index is 2.48. The van der Waals surface area contributed by atoms with Crippen molar-refractivity contribution < 1.29 is 14.7 Å². The van der Waals surface area contributed by atoms with Gasteiger partial charge in [0, 0.05) is 0 Å². The molecule has 0 bridgehead atoms. The number of rotatable bonds is 3. The zero-order valence-corrected chi connectivity index (χ0v) is 6.61. The number of nitrogens with zero attached hydrogens (tertiary/aromatic N) is 2. The first kappa shape index (κ1) is 8.47. The van der Waals surface area contributed by atoms with E-state index < -0.39 is 5.97 Å². The van der Waals surface area contributed by atoms with Gasteiger partial charge < -0.3 is 15.7 Å². The lowest BCUT2D eigenvalue weighted by molar-refractivity contribution is -0.128. The van der Waals surface area contributed by atoms with Gasteiger partial charge in [0.05, 0.1) is 5.38 Å². The molecule has 1 aromatic heterocycles. The van der Waals surface area contributed by atoms with Gasteiger partial charge in [0.15, 0.2) is 11.3 Å². The van der Waals surface area contributed by atoms with Gasteiger partial charge in [-0.05, 0) is 0 Å². The van der Waals surface area contributed by atoms with Crippen molar-refractivity contribution in [2.45, 2.75) is 0 Å². The molecule has 1 aromatic rings. The molecule has 3 N–H and O–H groups in total. The second-order valence-corrected chi connectivity index (χ2v) is 2.58. The van der Waals surface area contributed by atoms with E-state index in [1.54, 1.807) is 0 Å². The molecule has 7 heteroatoms. The van der Waals surface area contributed by atoms with Crippen LogP contribution in [0.4, 0.5) is 5.13 Å². The fourth-order valence-electron chi connectivity index (χ4n) is 0.439. The molecule has 1 heterocycles. The highest BCUT2D eigenvalue weighted by Gasteiger charge is 1.97. The van der Waals surface area contributed by atoms with Gasteiger partial charge in [-0.25, -0.2) is 4.79 Å². The summed E-state index contributed by atoms with van der Waals surface area (Å²) >= 11 is 1.18. The minimum absolute atomic E-state index is 0.190. The highest BCUT2D eigenvalue weighted by molar-refractivity contribution is 7.13. The first-order valence-electron chi connectivity index (χ1n) is 2.83. The van der Waals surface area contributed by atoms with E-state index >= 15 is 0 Å². The molecular formula is C5H5N3O3S. The summed E-state index contributed by atoms with van der Waals surface area (Å²) in [5.74, 6) is -0.992. The normalized spacial score (nSPS) is 10.3. The molecule has 1 rings (SSSR count). The number of carbonyl (C=O) groups is 1. The first-order valence-corrected chi connectivity index (χ1v) is 3.71. The molecule has 0 aliphatic rings. The van der Waals surface area contributed by atoms with Crippen LogP contribution in [0.5, 0.6) is 5.88 Å². The van der Waals surface area contributed by atoms with Crippen LogP contribution in [-0.4, -0.2) is 22.3 Å². The summed E-state index contributed by atoms with van der Waals surface area (Å²) in [7, 11) is 0. The summed E-state index contributed by atoms with van der Waals surface area (Å²) in [5, 5.41) is 13.1. The largest absolute Gasteiger partial charge is 0.477 e. The Hall–Kier alpha value is -1.63. The zero-order valence-electron chi connectivity index (χ0n) is 5.80. The number of hydrogen-bond donors (Lipinski definition) is 2. The SMILES string of the molecule is Nc1nc(ON=CC(=O)O)cs1. The molecule has 0 amide bonds. The lowest BCUT2D eigenvalue weighted by Gasteiger charge is -1.87. The maximum Gasteiger partial charge on any atom is 0.350 e. The molecule has 0 saturated carbocycles. The Kier molecular flexibility index (Phi) is 2.59. The first-order chi connectivity index (χ1) is 5.68. The average molecular weight is 187 g/mol. The number of oxime groups is 1. The smallest absolute Gasteiger partial charge is 0.350 e. The van der Waals surface area contributed by atoms with Gasteiger partial charge in [-0.15, -0.1) is 11.3 Å².